The van der Waals surface area contributed by atoms with Gasteiger partial charge >= 0.3 is 12.1 Å². The molecule has 3 amide bonds. The van der Waals surface area contributed by atoms with Gasteiger partial charge in [-0.15, -0.1) is 0 Å². The molecule has 3 N–H and O–H groups in total. The number of benzene rings is 3. The van der Waals surface area contributed by atoms with Crippen molar-refractivity contribution in [3.63, 3.8) is 0 Å². The number of carbonyl (C=O) groups is 2. The molecule has 0 unspecified atom stereocenters. The third-order valence-corrected chi connectivity index (χ3v) is 7.63. The number of carbonyl (C=O) groups excluding carboxylic acids is 2. The maximum Gasteiger partial charge on any atom is 0.411 e. The number of pyridine rings is 1. The molecule has 0 bridgehead atoms. The molecule has 1 fully saturated rings. The third-order valence-electron chi connectivity index (χ3n) is 7.63. The number of amides is 3. The Kier molecular flexibility index (Phi) is 9.32. The van der Waals surface area contributed by atoms with Gasteiger partial charge in [-0.25, -0.2) is 9.59 Å². The number of ether oxygens (including phenoxy) is 3. The van der Waals surface area contributed by atoms with Gasteiger partial charge in [0.15, 0.2) is 5.75 Å². The molecule has 1 saturated heterocycles. The number of methoxy groups -OCH3 is 2. The fourth-order valence-electron chi connectivity index (χ4n) is 5.23. The zero-order chi connectivity index (χ0) is 31.3. The fraction of sp³-hybridized carbons (Fsp3) is 0.324. The Bertz CT molecular complexity index is 1640. The molecule has 230 valence electrons. The van der Waals surface area contributed by atoms with Crippen molar-refractivity contribution in [2.45, 2.75) is 32.7 Å². The van der Waals surface area contributed by atoms with Crippen LogP contribution in [-0.4, -0.2) is 62.5 Å². The van der Waals surface area contributed by atoms with E-state index in [1.54, 1.807) is 0 Å². The molecule has 1 aliphatic rings. The van der Waals surface area contributed by atoms with Crippen molar-refractivity contribution in [2.75, 3.05) is 56.5 Å². The van der Waals surface area contributed by atoms with Gasteiger partial charge in [0.25, 0.3) is 0 Å². The zero-order valence-corrected chi connectivity index (χ0v) is 25.8. The minimum Gasteiger partial charge on any atom is -0.492 e. The highest BCUT2D eigenvalue weighted by Gasteiger charge is 2.22. The third kappa shape index (κ3) is 7.10. The first-order chi connectivity index (χ1) is 21.2. The quantitative estimate of drug-likeness (QED) is 0.213. The van der Waals surface area contributed by atoms with E-state index in [9.17, 15) is 9.59 Å². The number of anilines is 3. The summed E-state index contributed by atoms with van der Waals surface area (Å²) in [5.41, 5.74) is 5.11. The molecule has 0 radical (unpaired) electrons. The summed E-state index contributed by atoms with van der Waals surface area (Å²) in [4.78, 5) is 32.5. The number of aromatic nitrogens is 1. The minimum atomic E-state index is -0.640. The van der Waals surface area contributed by atoms with E-state index in [1.165, 1.54) is 14.2 Å². The smallest absolute Gasteiger partial charge is 0.411 e. The number of fused-ring (bicyclic) bond motifs is 1. The second-order valence-electron chi connectivity index (χ2n) is 11.7. The van der Waals surface area contributed by atoms with Gasteiger partial charge < -0.3 is 24.8 Å². The van der Waals surface area contributed by atoms with Crippen LogP contribution in [0.4, 0.5) is 26.7 Å². The van der Waals surface area contributed by atoms with Gasteiger partial charge in [-0.2, -0.15) is 0 Å². The summed E-state index contributed by atoms with van der Waals surface area (Å²) >= 11 is 0. The van der Waals surface area contributed by atoms with Crippen LogP contribution in [0, 0.1) is 0 Å². The molecule has 10 heteroatoms. The second-order valence-corrected chi connectivity index (χ2v) is 11.7. The highest BCUT2D eigenvalue weighted by atomic mass is 16.5. The van der Waals surface area contributed by atoms with Crippen LogP contribution in [0.25, 0.3) is 21.9 Å². The van der Waals surface area contributed by atoms with Gasteiger partial charge in [0, 0.05) is 36.8 Å². The van der Waals surface area contributed by atoms with E-state index in [0.29, 0.717) is 22.8 Å². The first-order valence-corrected chi connectivity index (χ1v) is 14.6. The Morgan fingerprint density at radius 3 is 2.20 bits per heavy atom. The lowest BCUT2D eigenvalue weighted by molar-refractivity contribution is 0.0336. The van der Waals surface area contributed by atoms with Gasteiger partial charge in [-0.3, -0.25) is 15.2 Å². The lowest BCUT2D eigenvalue weighted by Crippen LogP contribution is -2.35. The molecule has 0 aliphatic carbocycles. The van der Waals surface area contributed by atoms with Gasteiger partial charge in [-0.05, 0) is 46.2 Å². The van der Waals surface area contributed by atoms with E-state index in [4.69, 9.17) is 19.2 Å². The van der Waals surface area contributed by atoms with E-state index in [-0.39, 0.29) is 5.41 Å². The van der Waals surface area contributed by atoms with E-state index in [0.717, 1.165) is 66.0 Å². The van der Waals surface area contributed by atoms with Gasteiger partial charge in [0.2, 0.25) is 0 Å². The lowest BCUT2D eigenvalue weighted by Gasteiger charge is -2.26. The van der Waals surface area contributed by atoms with Gasteiger partial charge in [0.1, 0.15) is 0 Å². The summed E-state index contributed by atoms with van der Waals surface area (Å²) in [6.07, 6.45) is 1.27. The Balaban J connectivity index is 1.39. The van der Waals surface area contributed by atoms with Crippen molar-refractivity contribution in [1.29, 1.82) is 0 Å². The molecule has 44 heavy (non-hydrogen) atoms. The molecule has 0 saturated carbocycles. The standard InChI is InChI=1S/C34H39N5O5/c1-34(2,3)23-18-29(31(42-4)30(19-23)38-33(41)43-5)37-32(40)36-28-13-12-25(26-8-6-7-9-27(26)28)22-10-11-24(35-20-22)21-39-14-16-44-17-15-39/h6-13,18-20H,14-17,21H2,1-5H3,(H,38,41)(H2,36,37,40). The van der Waals surface area contributed by atoms with Crippen LogP contribution in [0.5, 0.6) is 5.75 Å². The van der Waals surface area contributed by atoms with E-state index in [2.05, 4.69) is 33.0 Å². The summed E-state index contributed by atoms with van der Waals surface area (Å²) < 4.78 is 15.8. The molecule has 0 atom stereocenters. The minimum absolute atomic E-state index is 0.271. The molecular formula is C34H39N5O5. The monoisotopic (exact) mass is 597 g/mol. The SMILES string of the molecule is COC(=O)Nc1cc(C(C)(C)C)cc(NC(=O)Nc2ccc(-c3ccc(CN4CCOCC4)nc3)c3ccccc23)c1OC. The average molecular weight is 598 g/mol. The Morgan fingerprint density at radius 2 is 1.57 bits per heavy atom. The number of nitrogens with zero attached hydrogens (tertiary/aromatic N) is 2. The van der Waals surface area contributed by atoms with Crippen LogP contribution in [0.1, 0.15) is 32.0 Å². The Labute approximate surface area is 257 Å². The number of morpholine rings is 1. The van der Waals surface area contributed by atoms with E-state index < -0.39 is 12.1 Å². The molecule has 5 rings (SSSR count). The molecule has 10 nitrogen and oxygen atoms in total. The average Bonchev–Trinajstić information content (AvgIpc) is 3.01. The van der Waals surface area contributed by atoms with Crippen molar-refractivity contribution in [1.82, 2.24) is 9.88 Å². The number of rotatable bonds is 7. The highest BCUT2D eigenvalue weighted by Crippen LogP contribution is 2.39. The largest absolute Gasteiger partial charge is 0.492 e. The topological polar surface area (TPSA) is 114 Å². The van der Waals surface area contributed by atoms with Crippen LogP contribution in [0.15, 0.2) is 66.9 Å². The molecule has 0 spiro atoms. The molecule has 4 aromatic rings. The van der Waals surface area contributed by atoms with E-state index in [1.807, 2.05) is 75.5 Å². The van der Waals surface area contributed by atoms with Crippen molar-refractivity contribution in [3.05, 3.63) is 78.1 Å². The number of urea groups is 1. The number of hydrogen-bond donors (Lipinski definition) is 3. The fourth-order valence-corrected chi connectivity index (χ4v) is 5.23. The first-order valence-electron chi connectivity index (χ1n) is 14.6. The van der Waals surface area contributed by atoms with Crippen LogP contribution in [0.3, 0.4) is 0 Å². The Hall–Kier alpha value is -4.67. The molecule has 3 aromatic carbocycles. The summed E-state index contributed by atoms with van der Waals surface area (Å²) in [6, 6.07) is 19.2. The summed E-state index contributed by atoms with van der Waals surface area (Å²) in [5, 5.41) is 10.5. The predicted molar refractivity (Wildman–Crippen MR) is 174 cm³/mol. The summed E-state index contributed by atoms with van der Waals surface area (Å²) in [7, 11) is 2.77. The van der Waals surface area contributed by atoms with Crippen LogP contribution < -0.4 is 20.7 Å². The van der Waals surface area contributed by atoms with E-state index >= 15 is 0 Å². The first kappa shape index (κ1) is 30.8. The Morgan fingerprint density at radius 1 is 0.886 bits per heavy atom. The van der Waals surface area contributed by atoms with Crippen molar-refractivity contribution in [2.24, 2.45) is 0 Å². The van der Waals surface area contributed by atoms with Gasteiger partial charge in [-0.1, -0.05) is 57.2 Å². The molecule has 2 heterocycles. The lowest BCUT2D eigenvalue weighted by atomic mass is 9.86. The molecule has 1 aliphatic heterocycles. The maximum absolute atomic E-state index is 13.4. The zero-order valence-electron chi connectivity index (χ0n) is 25.8. The number of hydrogen-bond acceptors (Lipinski definition) is 7. The van der Waals surface area contributed by atoms with Crippen LogP contribution >= 0.6 is 0 Å². The summed E-state index contributed by atoms with van der Waals surface area (Å²) in [5.74, 6) is 0.309. The predicted octanol–water partition coefficient (Wildman–Crippen LogP) is 6.86. The maximum atomic E-state index is 13.4. The van der Waals surface area contributed by atoms with Crippen molar-refractivity contribution < 1.29 is 23.8 Å². The molecule has 1 aromatic heterocycles. The second kappa shape index (κ2) is 13.3. The van der Waals surface area contributed by atoms with Crippen LogP contribution in [-0.2, 0) is 21.4 Å². The normalized spacial score (nSPS) is 13.8. The van der Waals surface area contributed by atoms with Crippen LogP contribution in [0.2, 0.25) is 0 Å². The highest BCUT2D eigenvalue weighted by molar-refractivity contribution is 6.10. The summed E-state index contributed by atoms with van der Waals surface area (Å²) in [6.45, 7) is 10.3. The number of nitrogens with one attached hydrogen (secondary N) is 3. The van der Waals surface area contributed by atoms with Gasteiger partial charge in [0.05, 0.1) is 50.2 Å². The van der Waals surface area contributed by atoms with Crippen molar-refractivity contribution in [3.8, 4) is 16.9 Å². The van der Waals surface area contributed by atoms with Crippen molar-refractivity contribution >= 4 is 40.0 Å². The molecular weight excluding hydrogens is 558 g/mol.